The molecule has 0 aromatic rings. The molecule has 0 aliphatic heterocycles. The number of unbranched alkanes of at least 4 members (excludes halogenated alkanes) is 1. The van der Waals surface area contributed by atoms with Gasteiger partial charge in [-0.05, 0) is 57.4 Å². The van der Waals surface area contributed by atoms with E-state index < -0.39 is 0 Å². The molecule has 1 saturated carbocycles. The summed E-state index contributed by atoms with van der Waals surface area (Å²) in [6.07, 6.45) is 7.68. The van der Waals surface area contributed by atoms with Crippen molar-refractivity contribution in [2.75, 3.05) is 6.54 Å². The Morgan fingerprint density at radius 3 is 2.37 bits per heavy atom. The molecule has 2 heteroatoms. The second-order valence-corrected chi connectivity index (χ2v) is 6.90. The van der Waals surface area contributed by atoms with Gasteiger partial charge in [0.05, 0.1) is 0 Å². The lowest BCUT2D eigenvalue weighted by Crippen LogP contribution is -2.54. The van der Waals surface area contributed by atoms with E-state index in [2.05, 4.69) is 39.5 Å². The van der Waals surface area contributed by atoms with E-state index in [9.17, 15) is 0 Å². The molecule has 4 unspecified atom stereocenters. The molecule has 1 rings (SSSR count). The van der Waals surface area contributed by atoms with Gasteiger partial charge in [0, 0.05) is 18.1 Å². The van der Waals surface area contributed by atoms with Gasteiger partial charge in [-0.1, -0.05) is 34.1 Å². The van der Waals surface area contributed by atoms with Crippen LogP contribution in [-0.2, 0) is 0 Å². The molecule has 114 valence electrons. The summed E-state index contributed by atoms with van der Waals surface area (Å²) in [4.78, 5) is 2.72. The van der Waals surface area contributed by atoms with E-state index in [1.807, 2.05) is 0 Å². The van der Waals surface area contributed by atoms with Crippen LogP contribution in [0.4, 0.5) is 0 Å². The fourth-order valence-corrected chi connectivity index (χ4v) is 3.48. The SMILES string of the molecule is CCCCN(C(C)CC)C1CC(C(C)C)CCC1N. The fourth-order valence-electron chi connectivity index (χ4n) is 3.48. The van der Waals surface area contributed by atoms with Gasteiger partial charge in [0.1, 0.15) is 0 Å². The summed E-state index contributed by atoms with van der Waals surface area (Å²) < 4.78 is 0. The molecule has 0 heterocycles. The zero-order valence-electron chi connectivity index (χ0n) is 13.9. The highest BCUT2D eigenvalue weighted by Crippen LogP contribution is 2.33. The Morgan fingerprint density at radius 2 is 1.84 bits per heavy atom. The van der Waals surface area contributed by atoms with Crippen molar-refractivity contribution in [1.82, 2.24) is 4.90 Å². The molecule has 19 heavy (non-hydrogen) atoms. The molecule has 0 aromatic heterocycles. The molecule has 2 N–H and O–H groups in total. The molecule has 4 atom stereocenters. The van der Waals surface area contributed by atoms with Crippen LogP contribution in [0.5, 0.6) is 0 Å². The van der Waals surface area contributed by atoms with Crippen LogP contribution in [0.1, 0.15) is 73.1 Å². The van der Waals surface area contributed by atoms with E-state index in [0.717, 1.165) is 11.8 Å². The summed E-state index contributed by atoms with van der Waals surface area (Å²) in [6.45, 7) is 12.9. The molecule has 1 aliphatic rings. The van der Waals surface area contributed by atoms with Crippen LogP contribution in [0.15, 0.2) is 0 Å². The Kier molecular flexibility index (Phi) is 7.38. The topological polar surface area (TPSA) is 29.3 Å². The second kappa shape index (κ2) is 8.26. The first-order valence-electron chi connectivity index (χ1n) is 8.52. The average Bonchev–Trinajstić information content (AvgIpc) is 2.40. The summed E-state index contributed by atoms with van der Waals surface area (Å²) in [7, 11) is 0. The molecule has 0 amide bonds. The molecule has 0 radical (unpaired) electrons. The monoisotopic (exact) mass is 268 g/mol. The van der Waals surface area contributed by atoms with Gasteiger partial charge < -0.3 is 5.73 Å². The summed E-state index contributed by atoms with van der Waals surface area (Å²) in [6, 6.07) is 1.68. The number of nitrogens with two attached hydrogens (primary N) is 1. The third kappa shape index (κ3) is 4.75. The van der Waals surface area contributed by atoms with E-state index in [0.29, 0.717) is 18.1 Å². The molecular formula is C17H36N2. The predicted molar refractivity (Wildman–Crippen MR) is 85.3 cm³/mol. The Balaban J connectivity index is 2.73. The van der Waals surface area contributed by atoms with Crippen molar-refractivity contribution in [1.29, 1.82) is 0 Å². The van der Waals surface area contributed by atoms with Crippen LogP contribution in [0.2, 0.25) is 0 Å². The highest BCUT2D eigenvalue weighted by atomic mass is 15.2. The lowest BCUT2D eigenvalue weighted by Gasteiger charge is -2.45. The van der Waals surface area contributed by atoms with Gasteiger partial charge in [0.25, 0.3) is 0 Å². The Morgan fingerprint density at radius 1 is 1.16 bits per heavy atom. The standard InChI is InChI=1S/C17H36N2/c1-6-8-11-19(14(5)7-2)17-12-15(13(3)4)9-10-16(17)18/h13-17H,6-12,18H2,1-5H3. The molecule has 0 bridgehead atoms. The maximum atomic E-state index is 6.46. The predicted octanol–water partition coefficient (Wildman–Crippen LogP) is 4.04. The van der Waals surface area contributed by atoms with Crippen LogP contribution in [0, 0.1) is 11.8 Å². The van der Waals surface area contributed by atoms with Crippen LogP contribution in [0.3, 0.4) is 0 Å². The molecule has 1 aliphatic carbocycles. The van der Waals surface area contributed by atoms with Crippen LogP contribution in [0.25, 0.3) is 0 Å². The number of nitrogens with zero attached hydrogens (tertiary/aromatic N) is 1. The largest absolute Gasteiger partial charge is 0.326 e. The molecule has 0 saturated heterocycles. The second-order valence-electron chi connectivity index (χ2n) is 6.90. The number of hydrogen-bond acceptors (Lipinski definition) is 2. The number of rotatable bonds is 7. The third-order valence-corrected chi connectivity index (χ3v) is 5.20. The van der Waals surface area contributed by atoms with Crippen LogP contribution >= 0.6 is 0 Å². The van der Waals surface area contributed by atoms with Gasteiger partial charge in [0.15, 0.2) is 0 Å². The third-order valence-electron chi connectivity index (χ3n) is 5.20. The van der Waals surface area contributed by atoms with Gasteiger partial charge in [-0.2, -0.15) is 0 Å². The summed E-state index contributed by atoms with van der Waals surface area (Å²) in [5, 5.41) is 0. The Labute approximate surface area is 121 Å². The molecular weight excluding hydrogens is 232 g/mol. The first-order valence-corrected chi connectivity index (χ1v) is 8.52. The van der Waals surface area contributed by atoms with Gasteiger partial charge in [0.2, 0.25) is 0 Å². The van der Waals surface area contributed by atoms with Gasteiger partial charge in [-0.3, -0.25) is 4.90 Å². The van der Waals surface area contributed by atoms with E-state index in [4.69, 9.17) is 5.73 Å². The molecule has 0 aromatic carbocycles. The zero-order chi connectivity index (χ0) is 14.4. The first-order chi connectivity index (χ1) is 9.01. The molecule has 2 nitrogen and oxygen atoms in total. The van der Waals surface area contributed by atoms with Crippen molar-refractivity contribution >= 4 is 0 Å². The minimum atomic E-state index is 0.390. The van der Waals surface area contributed by atoms with Crippen LogP contribution < -0.4 is 5.73 Å². The molecule has 1 fully saturated rings. The van der Waals surface area contributed by atoms with E-state index >= 15 is 0 Å². The number of hydrogen-bond donors (Lipinski definition) is 1. The Bertz CT molecular complexity index is 239. The van der Waals surface area contributed by atoms with E-state index in [-0.39, 0.29) is 0 Å². The summed E-state index contributed by atoms with van der Waals surface area (Å²) >= 11 is 0. The summed E-state index contributed by atoms with van der Waals surface area (Å²) in [5.41, 5.74) is 6.46. The first kappa shape index (κ1) is 17.0. The van der Waals surface area contributed by atoms with E-state index in [1.54, 1.807) is 0 Å². The van der Waals surface area contributed by atoms with Crippen molar-refractivity contribution in [3.63, 3.8) is 0 Å². The maximum absolute atomic E-state index is 6.46. The van der Waals surface area contributed by atoms with Crippen molar-refractivity contribution in [3.8, 4) is 0 Å². The van der Waals surface area contributed by atoms with Crippen molar-refractivity contribution in [2.45, 2.75) is 91.3 Å². The highest BCUT2D eigenvalue weighted by Gasteiger charge is 2.34. The zero-order valence-corrected chi connectivity index (χ0v) is 13.9. The van der Waals surface area contributed by atoms with Crippen LogP contribution in [-0.4, -0.2) is 29.6 Å². The van der Waals surface area contributed by atoms with Gasteiger partial charge >= 0.3 is 0 Å². The average molecular weight is 268 g/mol. The Hall–Kier alpha value is -0.0800. The normalized spacial score (nSPS) is 30.0. The highest BCUT2D eigenvalue weighted by molar-refractivity contribution is 4.91. The minimum absolute atomic E-state index is 0.390. The van der Waals surface area contributed by atoms with E-state index in [1.165, 1.54) is 45.1 Å². The van der Waals surface area contributed by atoms with Crippen molar-refractivity contribution < 1.29 is 0 Å². The summed E-state index contributed by atoms with van der Waals surface area (Å²) in [5.74, 6) is 1.68. The quantitative estimate of drug-likeness (QED) is 0.755. The lowest BCUT2D eigenvalue weighted by molar-refractivity contribution is 0.0637. The maximum Gasteiger partial charge on any atom is 0.0252 e. The molecule has 0 spiro atoms. The minimum Gasteiger partial charge on any atom is -0.326 e. The lowest BCUT2D eigenvalue weighted by atomic mass is 9.76. The van der Waals surface area contributed by atoms with Crippen molar-refractivity contribution in [3.05, 3.63) is 0 Å². The smallest absolute Gasteiger partial charge is 0.0252 e. The van der Waals surface area contributed by atoms with Gasteiger partial charge in [-0.25, -0.2) is 0 Å². The van der Waals surface area contributed by atoms with Gasteiger partial charge in [-0.15, -0.1) is 0 Å². The van der Waals surface area contributed by atoms with Crippen molar-refractivity contribution in [2.24, 2.45) is 17.6 Å². The fraction of sp³-hybridized carbons (Fsp3) is 1.00.